The minimum Gasteiger partial charge on any atom is -0.491 e. The zero-order valence-electron chi connectivity index (χ0n) is 12.5. The van der Waals surface area contributed by atoms with Crippen molar-refractivity contribution in [2.75, 3.05) is 19.7 Å². The largest absolute Gasteiger partial charge is 0.491 e. The van der Waals surface area contributed by atoms with Gasteiger partial charge in [0.25, 0.3) is 0 Å². The fourth-order valence-electron chi connectivity index (χ4n) is 3.42. The molecule has 0 bridgehead atoms. The molecule has 1 fully saturated rings. The van der Waals surface area contributed by atoms with E-state index in [1.807, 2.05) is 12.1 Å². The van der Waals surface area contributed by atoms with Gasteiger partial charge >= 0.3 is 0 Å². The van der Waals surface area contributed by atoms with Gasteiger partial charge in [0.2, 0.25) is 0 Å². The summed E-state index contributed by atoms with van der Waals surface area (Å²) in [5.74, 6) is 1.73. The second-order valence-corrected chi connectivity index (χ2v) is 6.23. The average molecular weight is 275 g/mol. The van der Waals surface area contributed by atoms with E-state index < -0.39 is 6.10 Å². The van der Waals surface area contributed by atoms with E-state index in [0.717, 1.165) is 36.7 Å². The number of nitrogens with zero attached hydrogens (tertiary/aromatic N) is 1. The van der Waals surface area contributed by atoms with Gasteiger partial charge in [0.15, 0.2) is 0 Å². The van der Waals surface area contributed by atoms with Crippen LogP contribution in [0.1, 0.15) is 43.9 Å². The number of para-hydroxylation sites is 1. The normalized spacial score (nSPS) is 27.9. The number of piperidine rings is 1. The van der Waals surface area contributed by atoms with Gasteiger partial charge in [0, 0.05) is 5.56 Å². The summed E-state index contributed by atoms with van der Waals surface area (Å²) in [6.45, 7) is 7.21. The number of rotatable bonds is 2. The highest BCUT2D eigenvalue weighted by molar-refractivity contribution is 5.44. The van der Waals surface area contributed by atoms with Crippen LogP contribution >= 0.6 is 0 Å². The first-order valence-electron chi connectivity index (χ1n) is 7.87. The molecule has 1 aromatic rings. The van der Waals surface area contributed by atoms with Crippen molar-refractivity contribution in [3.8, 4) is 5.75 Å². The molecule has 0 spiro atoms. The van der Waals surface area contributed by atoms with Crippen LogP contribution in [0.15, 0.2) is 18.2 Å². The molecule has 2 aliphatic heterocycles. The standard InChI is InChI=1S/C17H25NO2/c1-3-13-5-4-6-14-16(19)15(11-20-17(13)14)18-9-7-12(2)8-10-18/h4-6,12,15-16,19H,3,7-11H2,1-2H3. The first kappa shape index (κ1) is 13.9. The van der Waals surface area contributed by atoms with Crippen LogP contribution in [0.25, 0.3) is 0 Å². The van der Waals surface area contributed by atoms with Crippen LogP contribution in [0, 0.1) is 5.92 Å². The number of ether oxygens (including phenoxy) is 1. The molecule has 0 aliphatic carbocycles. The molecule has 0 amide bonds. The fraction of sp³-hybridized carbons (Fsp3) is 0.647. The molecule has 3 rings (SSSR count). The number of benzene rings is 1. The predicted octanol–water partition coefficient (Wildman–Crippen LogP) is 2.78. The summed E-state index contributed by atoms with van der Waals surface area (Å²) in [6.07, 6.45) is 2.98. The highest BCUT2D eigenvalue weighted by atomic mass is 16.5. The van der Waals surface area contributed by atoms with Crippen molar-refractivity contribution >= 4 is 0 Å². The van der Waals surface area contributed by atoms with Gasteiger partial charge < -0.3 is 9.84 Å². The molecule has 2 unspecified atom stereocenters. The summed E-state index contributed by atoms with van der Waals surface area (Å²) >= 11 is 0. The van der Waals surface area contributed by atoms with Gasteiger partial charge in [-0.2, -0.15) is 0 Å². The first-order chi connectivity index (χ1) is 9.70. The average Bonchev–Trinajstić information content (AvgIpc) is 2.48. The van der Waals surface area contributed by atoms with Gasteiger partial charge in [-0.25, -0.2) is 0 Å². The molecule has 3 heteroatoms. The maximum Gasteiger partial charge on any atom is 0.128 e. The maximum absolute atomic E-state index is 10.7. The molecule has 3 nitrogen and oxygen atoms in total. The Bertz CT molecular complexity index is 466. The lowest BCUT2D eigenvalue weighted by molar-refractivity contribution is -0.0101. The monoisotopic (exact) mass is 275 g/mol. The van der Waals surface area contributed by atoms with Crippen LogP contribution < -0.4 is 4.74 Å². The van der Waals surface area contributed by atoms with Crippen LogP contribution in [0.2, 0.25) is 0 Å². The molecule has 1 aromatic carbocycles. The van der Waals surface area contributed by atoms with Crippen molar-refractivity contribution in [1.82, 2.24) is 4.90 Å². The number of fused-ring (bicyclic) bond motifs is 1. The van der Waals surface area contributed by atoms with Gasteiger partial charge in [-0.1, -0.05) is 32.0 Å². The highest BCUT2D eigenvalue weighted by Crippen LogP contribution is 2.37. The molecule has 0 aromatic heterocycles. The lowest BCUT2D eigenvalue weighted by Gasteiger charge is -2.41. The van der Waals surface area contributed by atoms with E-state index in [-0.39, 0.29) is 6.04 Å². The molecule has 0 radical (unpaired) electrons. The number of hydrogen-bond acceptors (Lipinski definition) is 3. The second-order valence-electron chi connectivity index (χ2n) is 6.23. The Morgan fingerprint density at radius 1 is 1.30 bits per heavy atom. The minimum atomic E-state index is -0.418. The quantitative estimate of drug-likeness (QED) is 0.901. The van der Waals surface area contributed by atoms with E-state index in [9.17, 15) is 5.11 Å². The van der Waals surface area contributed by atoms with Crippen molar-refractivity contribution in [3.05, 3.63) is 29.3 Å². The highest BCUT2D eigenvalue weighted by Gasteiger charge is 2.35. The molecule has 2 atom stereocenters. The van der Waals surface area contributed by atoms with Crippen molar-refractivity contribution < 1.29 is 9.84 Å². The Morgan fingerprint density at radius 2 is 2.05 bits per heavy atom. The van der Waals surface area contributed by atoms with E-state index in [1.165, 1.54) is 18.4 Å². The van der Waals surface area contributed by atoms with Crippen LogP contribution in [-0.4, -0.2) is 35.7 Å². The third-order valence-electron chi connectivity index (χ3n) is 4.88. The Labute approximate surface area is 121 Å². The zero-order chi connectivity index (χ0) is 14.1. The molecule has 0 saturated carbocycles. The molecule has 20 heavy (non-hydrogen) atoms. The third-order valence-corrected chi connectivity index (χ3v) is 4.88. The number of hydrogen-bond donors (Lipinski definition) is 1. The number of likely N-dealkylation sites (tertiary alicyclic amines) is 1. The van der Waals surface area contributed by atoms with Gasteiger partial charge in [-0.3, -0.25) is 4.90 Å². The fourth-order valence-corrected chi connectivity index (χ4v) is 3.42. The molecular weight excluding hydrogens is 250 g/mol. The number of aliphatic hydroxyl groups is 1. The summed E-state index contributed by atoms with van der Waals surface area (Å²) in [4.78, 5) is 2.41. The molecule has 110 valence electrons. The van der Waals surface area contributed by atoms with Crippen molar-refractivity contribution in [1.29, 1.82) is 0 Å². The van der Waals surface area contributed by atoms with E-state index >= 15 is 0 Å². The number of aryl methyl sites for hydroxylation is 1. The number of aliphatic hydroxyl groups excluding tert-OH is 1. The Morgan fingerprint density at radius 3 is 2.75 bits per heavy atom. The molecule has 1 N–H and O–H groups in total. The van der Waals surface area contributed by atoms with Gasteiger partial charge in [-0.15, -0.1) is 0 Å². The van der Waals surface area contributed by atoms with Crippen LogP contribution in [0.4, 0.5) is 0 Å². The van der Waals surface area contributed by atoms with Crippen LogP contribution in [0.5, 0.6) is 5.75 Å². The van der Waals surface area contributed by atoms with Crippen LogP contribution in [-0.2, 0) is 6.42 Å². The summed E-state index contributed by atoms with van der Waals surface area (Å²) in [6, 6.07) is 6.25. The van der Waals surface area contributed by atoms with Gasteiger partial charge in [0.1, 0.15) is 18.5 Å². The Balaban J connectivity index is 1.80. The van der Waals surface area contributed by atoms with E-state index in [0.29, 0.717) is 6.61 Å². The smallest absolute Gasteiger partial charge is 0.128 e. The van der Waals surface area contributed by atoms with E-state index in [4.69, 9.17) is 4.74 Å². The van der Waals surface area contributed by atoms with E-state index in [2.05, 4.69) is 24.8 Å². The topological polar surface area (TPSA) is 32.7 Å². The van der Waals surface area contributed by atoms with Crippen molar-refractivity contribution in [2.24, 2.45) is 5.92 Å². The summed E-state index contributed by atoms with van der Waals surface area (Å²) < 4.78 is 6.01. The lowest BCUT2D eigenvalue weighted by Crippen LogP contribution is -2.49. The first-order valence-corrected chi connectivity index (χ1v) is 7.87. The van der Waals surface area contributed by atoms with Crippen molar-refractivity contribution in [3.63, 3.8) is 0 Å². The zero-order valence-corrected chi connectivity index (χ0v) is 12.5. The molecule has 1 saturated heterocycles. The Hall–Kier alpha value is -1.06. The lowest BCUT2D eigenvalue weighted by atomic mass is 9.92. The molecular formula is C17H25NO2. The maximum atomic E-state index is 10.7. The summed E-state index contributed by atoms with van der Waals surface area (Å²) in [7, 11) is 0. The van der Waals surface area contributed by atoms with Gasteiger partial charge in [-0.05, 0) is 43.8 Å². The summed E-state index contributed by atoms with van der Waals surface area (Å²) in [5.41, 5.74) is 2.17. The Kier molecular flexibility index (Phi) is 3.99. The van der Waals surface area contributed by atoms with E-state index in [1.54, 1.807) is 0 Å². The summed E-state index contributed by atoms with van der Waals surface area (Å²) in [5, 5.41) is 10.7. The van der Waals surface area contributed by atoms with Crippen molar-refractivity contribution in [2.45, 2.75) is 45.3 Å². The minimum absolute atomic E-state index is 0.113. The molecule has 2 aliphatic rings. The van der Waals surface area contributed by atoms with Gasteiger partial charge in [0.05, 0.1) is 6.04 Å². The second kappa shape index (κ2) is 5.74. The molecule has 2 heterocycles. The SMILES string of the molecule is CCc1cccc2c1OCC(N1CCC(C)CC1)C2O. The van der Waals surface area contributed by atoms with Crippen LogP contribution in [0.3, 0.4) is 0 Å². The third kappa shape index (κ3) is 2.45. The predicted molar refractivity (Wildman–Crippen MR) is 80.0 cm³/mol.